The van der Waals surface area contributed by atoms with Crippen LogP contribution in [-0.4, -0.2) is 29.0 Å². The van der Waals surface area contributed by atoms with E-state index in [-0.39, 0.29) is 17.2 Å². The summed E-state index contributed by atoms with van der Waals surface area (Å²) in [5.41, 5.74) is 6.06. The van der Waals surface area contributed by atoms with Gasteiger partial charge in [0.15, 0.2) is 0 Å². The molecular weight excluding hydrogens is 386 g/mol. The zero-order chi connectivity index (χ0) is 22.8. The lowest BCUT2D eigenvalue weighted by Crippen LogP contribution is -2.60. The van der Waals surface area contributed by atoms with Crippen LogP contribution in [0, 0.1) is 0 Å². The number of carboxylic acids is 1. The largest absolute Gasteiger partial charge is 0.544 e. The SMILES string of the molecule is CCCCCCCCCCCCCCCC/C=C/CC1=NC=C[N+]1(CC(=O)[O-])C(C)N. The quantitative estimate of drug-likeness (QED) is 0.155. The molecule has 0 bridgehead atoms. The van der Waals surface area contributed by atoms with Crippen LogP contribution in [0.1, 0.15) is 117 Å². The minimum absolute atomic E-state index is 0.0610. The number of nitrogens with two attached hydrogens (primary N) is 1. The normalized spacial score (nSPS) is 19.3. The molecule has 5 heteroatoms. The van der Waals surface area contributed by atoms with E-state index < -0.39 is 5.97 Å². The van der Waals surface area contributed by atoms with Gasteiger partial charge in [-0.2, -0.15) is 0 Å². The van der Waals surface area contributed by atoms with Gasteiger partial charge in [0.1, 0.15) is 18.9 Å². The first-order chi connectivity index (χ1) is 15.0. The van der Waals surface area contributed by atoms with Crippen molar-refractivity contribution in [1.82, 2.24) is 0 Å². The second-order valence-corrected chi connectivity index (χ2v) is 9.11. The van der Waals surface area contributed by atoms with Gasteiger partial charge in [0, 0.05) is 6.92 Å². The Morgan fingerprint density at radius 3 is 1.97 bits per heavy atom. The van der Waals surface area contributed by atoms with E-state index in [0.29, 0.717) is 6.42 Å². The Bertz CT molecular complexity index is 569. The molecule has 1 aliphatic heterocycles. The molecule has 1 aliphatic rings. The monoisotopic (exact) mass is 433 g/mol. The van der Waals surface area contributed by atoms with Crippen molar-refractivity contribution in [1.29, 1.82) is 0 Å². The third-order valence-corrected chi connectivity index (χ3v) is 6.35. The van der Waals surface area contributed by atoms with Crippen LogP contribution >= 0.6 is 0 Å². The molecule has 0 aromatic carbocycles. The third kappa shape index (κ3) is 11.6. The number of aliphatic imine (C=N–C) groups is 1. The summed E-state index contributed by atoms with van der Waals surface area (Å²) in [6, 6.07) is 0. The summed E-state index contributed by atoms with van der Waals surface area (Å²) in [6.07, 6.45) is 28.3. The average molecular weight is 434 g/mol. The van der Waals surface area contributed by atoms with Crippen molar-refractivity contribution in [3.8, 4) is 0 Å². The molecule has 0 spiro atoms. The number of nitrogens with zero attached hydrogens (tertiary/aromatic N) is 2. The molecule has 2 unspecified atom stereocenters. The van der Waals surface area contributed by atoms with E-state index >= 15 is 0 Å². The van der Waals surface area contributed by atoms with E-state index in [2.05, 4.69) is 24.1 Å². The first-order valence-corrected chi connectivity index (χ1v) is 12.8. The van der Waals surface area contributed by atoms with Gasteiger partial charge in [-0.25, -0.2) is 9.48 Å². The number of aliphatic carboxylic acids is 1. The highest BCUT2D eigenvalue weighted by atomic mass is 16.4. The maximum absolute atomic E-state index is 11.2. The fraction of sp³-hybridized carbons (Fsp3) is 0.769. The van der Waals surface area contributed by atoms with Crippen LogP contribution < -0.4 is 10.8 Å². The van der Waals surface area contributed by atoms with E-state index in [9.17, 15) is 9.90 Å². The maximum Gasteiger partial charge on any atom is 0.213 e. The molecule has 2 N–H and O–H groups in total. The summed E-state index contributed by atoms with van der Waals surface area (Å²) in [5, 5.41) is 11.2. The van der Waals surface area contributed by atoms with Crippen LogP contribution in [0.5, 0.6) is 0 Å². The van der Waals surface area contributed by atoms with E-state index in [0.717, 1.165) is 12.3 Å². The van der Waals surface area contributed by atoms with Gasteiger partial charge in [0.2, 0.25) is 5.84 Å². The minimum atomic E-state index is -1.11. The van der Waals surface area contributed by atoms with Crippen LogP contribution in [0.15, 0.2) is 29.5 Å². The summed E-state index contributed by atoms with van der Waals surface area (Å²) in [7, 11) is 0. The number of allylic oxidation sites excluding steroid dienone is 1. The van der Waals surface area contributed by atoms with Gasteiger partial charge in [0.25, 0.3) is 0 Å². The fourth-order valence-electron chi connectivity index (χ4n) is 4.29. The smallest absolute Gasteiger partial charge is 0.213 e. The van der Waals surface area contributed by atoms with Crippen molar-refractivity contribution in [2.45, 2.75) is 123 Å². The molecule has 0 aromatic heterocycles. The summed E-state index contributed by atoms with van der Waals surface area (Å²) in [5.74, 6) is -0.334. The van der Waals surface area contributed by atoms with E-state index in [1.807, 2.05) is 6.92 Å². The van der Waals surface area contributed by atoms with Crippen molar-refractivity contribution in [3.05, 3.63) is 24.6 Å². The first kappa shape index (κ1) is 27.6. The van der Waals surface area contributed by atoms with Crippen LogP contribution in [0.25, 0.3) is 0 Å². The lowest BCUT2D eigenvalue weighted by Gasteiger charge is -2.35. The molecule has 178 valence electrons. The molecule has 0 saturated carbocycles. The number of rotatable bonds is 20. The van der Waals surface area contributed by atoms with Gasteiger partial charge in [-0.05, 0) is 12.8 Å². The van der Waals surface area contributed by atoms with Crippen LogP contribution in [0.4, 0.5) is 0 Å². The number of hydrogen-bond acceptors (Lipinski definition) is 4. The Labute approximate surface area is 191 Å². The van der Waals surface area contributed by atoms with Crippen molar-refractivity contribution in [2.24, 2.45) is 10.7 Å². The summed E-state index contributed by atoms with van der Waals surface area (Å²) >= 11 is 0. The number of carbonyl (C=O) groups excluding carboxylic acids is 1. The van der Waals surface area contributed by atoms with E-state index in [1.165, 1.54) is 89.9 Å². The molecule has 0 aliphatic carbocycles. The Hall–Kier alpha value is -1.46. The fourth-order valence-corrected chi connectivity index (χ4v) is 4.29. The van der Waals surface area contributed by atoms with Crippen LogP contribution in [0.2, 0.25) is 0 Å². The predicted molar refractivity (Wildman–Crippen MR) is 129 cm³/mol. The third-order valence-electron chi connectivity index (χ3n) is 6.35. The number of carboxylic acid groups (broad SMARTS) is 1. The molecule has 0 fully saturated rings. The van der Waals surface area contributed by atoms with E-state index in [4.69, 9.17) is 5.73 Å². The maximum atomic E-state index is 11.2. The summed E-state index contributed by atoms with van der Waals surface area (Å²) in [6.45, 7) is 3.92. The highest BCUT2D eigenvalue weighted by molar-refractivity contribution is 5.82. The number of carbonyl (C=O) groups is 1. The van der Waals surface area contributed by atoms with Crippen LogP contribution in [0.3, 0.4) is 0 Å². The number of quaternary nitrogens is 1. The van der Waals surface area contributed by atoms with E-state index in [1.54, 1.807) is 12.4 Å². The van der Waals surface area contributed by atoms with Crippen molar-refractivity contribution in [2.75, 3.05) is 6.54 Å². The molecule has 0 amide bonds. The standard InChI is InChI=1S/C26H47N3O2/c1-3-4-5-6-7-8-9-10-11-12-13-14-15-16-17-18-19-20-25-28-21-22-29(25,24(2)27)23-26(30)31/h18-19,21-22,24H,3-17,20,23,27H2,1-2H3/b19-18+. The lowest BCUT2D eigenvalue weighted by molar-refractivity contribution is -0.807. The Morgan fingerprint density at radius 1 is 0.968 bits per heavy atom. The minimum Gasteiger partial charge on any atom is -0.544 e. The molecule has 31 heavy (non-hydrogen) atoms. The van der Waals surface area contributed by atoms with Gasteiger partial charge in [-0.15, -0.1) is 0 Å². The molecule has 0 saturated heterocycles. The van der Waals surface area contributed by atoms with Crippen molar-refractivity contribution < 1.29 is 14.4 Å². The Balaban J connectivity index is 2.01. The van der Waals surface area contributed by atoms with Gasteiger partial charge >= 0.3 is 0 Å². The van der Waals surface area contributed by atoms with Crippen LogP contribution in [-0.2, 0) is 4.79 Å². The molecule has 1 heterocycles. The Kier molecular flexibility index (Phi) is 15.2. The Morgan fingerprint density at radius 2 is 1.48 bits per heavy atom. The molecule has 2 atom stereocenters. The molecule has 5 nitrogen and oxygen atoms in total. The predicted octanol–water partition coefficient (Wildman–Crippen LogP) is 5.56. The highest BCUT2D eigenvalue weighted by Crippen LogP contribution is 2.22. The van der Waals surface area contributed by atoms with Gasteiger partial charge in [0.05, 0.1) is 18.6 Å². The number of amidine groups is 1. The molecule has 1 rings (SSSR count). The van der Waals surface area contributed by atoms with Crippen molar-refractivity contribution in [3.63, 3.8) is 0 Å². The second kappa shape index (κ2) is 17.1. The second-order valence-electron chi connectivity index (χ2n) is 9.11. The van der Waals surface area contributed by atoms with Gasteiger partial charge in [-0.3, -0.25) is 5.73 Å². The number of unbranched alkanes of at least 4 members (excludes halogenated alkanes) is 14. The van der Waals surface area contributed by atoms with Gasteiger partial charge in [-0.1, -0.05) is 103 Å². The summed E-state index contributed by atoms with van der Waals surface area (Å²) in [4.78, 5) is 15.5. The molecule has 0 aromatic rings. The topological polar surface area (TPSA) is 78.5 Å². The zero-order valence-corrected chi connectivity index (χ0v) is 20.2. The average Bonchev–Trinajstić information content (AvgIpc) is 3.13. The number of hydrogen-bond donors (Lipinski definition) is 1. The van der Waals surface area contributed by atoms with Gasteiger partial charge < -0.3 is 9.90 Å². The highest BCUT2D eigenvalue weighted by Gasteiger charge is 2.38. The molecular formula is C26H47N3O2. The van der Waals surface area contributed by atoms with Crippen molar-refractivity contribution >= 4 is 11.8 Å². The molecule has 0 radical (unpaired) electrons. The zero-order valence-electron chi connectivity index (χ0n) is 20.2. The lowest BCUT2D eigenvalue weighted by atomic mass is 10.0. The first-order valence-electron chi connectivity index (χ1n) is 12.8. The summed E-state index contributed by atoms with van der Waals surface area (Å²) < 4.78 is 0.0610.